The largest absolute Gasteiger partial charge is 0.356 e. The molecule has 0 radical (unpaired) electrons. The predicted octanol–water partition coefficient (Wildman–Crippen LogP) is 8.58. The lowest BCUT2D eigenvalue weighted by Gasteiger charge is -2.46. The summed E-state index contributed by atoms with van der Waals surface area (Å²) >= 11 is 0. The van der Waals surface area contributed by atoms with Crippen LogP contribution >= 0.6 is 0 Å². The summed E-state index contributed by atoms with van der Waals surface area (Å²) in [6.07, 6.45) is 23.7. The topological polar surface area (TPSA) is 200 Å². The summed E-state index contributed by atoms with van der Waals surface area (Å²) in [7, 11) is 0. The van der Waals surface area contributed by atoms with Gasteiger partial charge in [-0.25, -0.2) is 0 Å². The molecule has 1 heterocycles. The molecular weight excluding hydrogens is 747 g/mol. The van der Waals surface area contributed by atoms with Crippen molar-refractivity contribution in [1.29, 1.82) is 21.6 Å². The fourth-order valence-corrected chi connectivity index (χ4v) is 8.71. The van der Waals surface area contributed by atoms with E-state index in [2.05, 4.69) is 97.1 Å². The molecule has 1 saturated heterocycles. The van der Waals surface area contributed by atoms with E-state index in [1.807, 2.05) is 0 Å². The van der Waals surface area contributed by atoms with E-state index in [0.29, 0.717) is 24.9 Å². The first-order valence-corrected chi connectivity index (χ1v) is 24.8. The van der Waals surface area contributed by atoms with Gasteiger partial charge >= 0.3 is 0 Å². The lowest BCUT2D eigenvalue weighted by atomic mass is 9.90. The third kappa shape index (κ3) is 28.1. The minimum absolute atomic E-state index is 0.138. The molecule has 12 N–H and O–H groups in total. The standard InChI is InChI=1S/C47H99N13/c1-9-15-24-39(11-3)31-55-45(50)57-43(48)53-29-21-17-18-22-30-54-44(49)58-46(51)56-32-40(12-4)26-20-19-23-38(7)27-28-42(14-6)34-60-36-47(8,52)35-59(37-60)33-41(13-5)25-16-10-2/h38-42H,9-37,52H2,1-8H3,(H5,48,50,53,55,57)(H5,49,51,54,56,58). The van der Waals surface area contributed by atoms with Crippen molar-refractivity contribution in [2.45, 2.75) is 189 Å². The quantitative estimate of drug-likeness (QED) is 0.0174. The van der Waals surface area contributed by atoms with Crippen LogP contribution < -0.4 is 37.6 Å². The molecule has 1 aliphatic rings. The first-order valence-electron chi connectivity index (χ1n) is 24.8. The van der Waals surface area contributed by atoms with E-state index in [1.165, 1.54) is 103 Å². The Morgan fingerprint density at radius 3 is 1.37 bits per heavy atom. The molecule has 60 heavy (non-hydrogen) atoms. The average Bonchev–Trinajstić information content (AvgIpc) is 3.21. The number of rotatable bonds is 33. The number of hydrogen-bond donors (Lipinski definition) is 11. The summed E-state index contributed by atoms with van der Waals surface area (Å²) in [6.45, 7) is 26.7. The second-order valence-electron chi connectivity index (χ2n) is 18.9. The van der Waals surface area contributed by atoms with Gasteiger partial charge in [-0.15, -0.1) is 0 Å². The van der Waals surface area contributed by atoms with Crippen LogP contribution in [0.3, 0.4) is 0 Å². The van der Waals surface area contributed by atoms with E-state index in [0.717, 1.165) is 89.1 Å². The molecule has 13 heteroatoms. The SMILES string of the molecule is CCCCC(CC)CNC(=N)NC(=N)NCCCCCCNC(=N)NC(=N)NCC(CC)CCCCC(C)CCC(CC)CN1CN(CC(CC)CCCC)CC(C)(N)C1. The molecule has 1 aliphatic heterocycles. The fraction of sp³-hybridized carbons (Fsp3) is 0.915. The van der Waals surface area contributed by atoms with E-state index in [1.54, 1.807) is 0 Å². The van der Waals surface area contributed by atoms with Crippen molar-refractivity contribution < 1.29 is 0 Å². The maximum atomic E-state index is 8.30. The van der Waals surface area contributed by atoms with Gasteiger partial charge in [-0.1, -0.05) is 138 Å². The second-order valence-corrected chi connectivity index (χ2v) is 18.9. The molecule has 6 atom stereocenters. The van der Waals surface area contributed by atoms with Gasteiger partial charge in [-0.3, -0.25) is 42.1 Å². The minimum Gasteiger partial charge on any atom is -0.356 e. The van der Waals surface area contributed by atoms with Crippen LogP contribution in [0.15, 0.2) is 0 Å². The number of guanidine groups is 4. The maximum absolute atomic E-state index is 8.30. The lowest BCUT2D eigenvalue weighted by molar-refractivity contribution is 0.0178. The lowest BCUT2D eigenvalue weighted by Crippen LogP contribution is -2.63. The summed E-state index contributed by atoms with van der Waals surface area (Å²) in [6, 6.07) is 0. The molecule has 352 valence electrons. The van der Waals surface area contributed by atoms with Crippen LogP contribution in [0.5, 0.6) is 0 Å². The zero-order chi connectivity index (χ0) is 44.6. The van der Waals surface area contributed by atoms with Crippen molar-refractivity contribution >= 4 is 23.8 Å². The van der Waals surface area contributed by atoms with Crippen LogP contribution in [0, 0.1) is 51.2 Å². The van der Waals surface area contributed by atoms with E-state index in [-0.39, 0.29) is 29.4 Å². The molecular formula is C47H99N13. The first-order chi connectivity index (χ1) is 28.8. The number of hydrogen-bond acceptors (Lipinski definition) is 7. The Balaban J connectivity index is 2.17. The van der Waals surface area contributed by atoms with E-state index in [4.69, 9.17) is 27.4 Å². The Labute approximate surface area is 369 Å². The number of unbranched alkanes of at least 4 members (excludes halogenated alkanes) is 6. The van der Waals surface area contributed by atoms with Gasteiger partial charge in [0, 0.05) is 57.9 Å². The highest BCUT2D eigenvalue weighted by Crippen LogP contribution is 2.25. The summed E-state index contributed by atoms with van der Waals surface area (Å²) in [5.41, 5.74) is 6.67. The third-order valence-electron chi connectivity index (χ3n) is 12.8. The van der Waals surface area contributed by atoms with Gasteiger partial charge in [0.15, 0.2) is 23.8 Å². The van der Waals surface area contributed by atoms with Crippen molar-refractivity contribution in [3.63, 3.8) is 0 Å². The predicted molar refractivity (Wildman–Crippen MR) is 259 cm³/mol. The molecule has 0 bridgehead atoms. The Kier molecular flexibility index (Phi) is 31.3. The van der Waals surface area contributed by atoms with Gasteiger partial charge in [0.05, 0.1) is 6.67 Å². The molecule has 0 aromatic rings. The van der Waals surface area contributed by atoms with E-state index >= 15 is 0 Å². The molecule has 1 fully saturated rings. The molecule has 0 aliphatic carbocycles. The Hall–Kier alpha value is -2.64. The Morgan fingerprint density at radius 2 is 0.917 bits per heavy atom. The summed E-state index contributed by atoms with van der Waals surface area (Å²) < 4.78 is 0. The van der Waals surface area contributed by atoms with Crippen LogP contribution in [0.25, 0.3) is 0 Å². The van der Waals surface area contributed by atoms with Crippen molar-refractivity contribution in [2.24, 2.45) is 35.3 Å². The number of nitrogens with zero attached hydrogens (tertiary/aromatic N) is 2. The van der Waals surface area contributed by atoms with Crippen molar-refractivity contribution in [3.05, 3.63) is 0 Å². The van der Waals surface area contributed by atoms with Gasteiger partial charge in [0.2, 0.25) is 0 Å². The highest BCUT2D eigenvalue weighted by Gasteiger charge is 2.33. The van der Waals surface area contributed by atoms with Gasteiger partial charge in [0.25, 0.3) is 0 Å². The molecule has 0 spiro atoms. The smallest absolute Gasteiger partial charge is 0.195 e. The number of nitrogens with one attached hydrogen (secondary N) is 10. The minimum atomic E-state index is -0.138. The molecule has 0 aromatic carbocycles. The second kappa shape index (κ2) is 33.9. The van der Waals surface area contributed by atoms with Crippen molar-refractivity contribution in [1.82, 2.24) is 41.7 Å². The molecule has 1 rings (SSSR count). The van der Waals surface area contributed by atoms with E-state index in [9.17, 15) is 0 Å². The molecule has 0 aromatic heterocycles. The van der Waals surface area contributed by atoms with Crippen LogP contribution in [0.4, 0.5) is 0 Å². The van der Waals surface area contributed by atoms with Crippen LogP contribution in [-0.2, 0) is 0 Å². The van der Waals surface area contributed by atoms with Crippen molar-refractivity contribution in [2.75, 3.05) is 59.0 Å². The van der Waals surface area contributed by atoms with Crippen LogP contribution in [0.1, 0.15) is 184 Å². The van der Waals surface area contributed by atoms with E-state index < -0.39 is 0 Å². The van der Waals surface area contributed by atoms with Gasteiger partial charge in [-0.05, 0) is 75.0 Å². The molecule has 13 nitrogen and oxygen atoms in total. The van der Waals surface area contributed by atoms with Crippen LogP contribution in [-0.4, -0.2) is 98.2 Å². The van der Waals surface area contributed by atoms with Crippen molar-refractivity contribution in [3.8, 4) is 0 Å². The summed E-state index contributed by atoms with van der Waals surface area (Å²) in [5.74, 6) is 4.02. The Morgan fingerprint density at radius 1 is 0.517 bits per heavy atom. The highest BCUT2D eigenvalue weighted by atomic mass is 15.4. The van der Waals surface area contributed by atoms with Crippen LogP contribution in [0.2, 0.25) is 0 Å². The zero-order valence-electron chi connectivity index (χ0n) is 40.4. The number of nitrogens with two attached hydrogens (primary N) is 1. The highest BCUT2D eigenvalue weighted by molar-refractivity contribution is 5.96. The Bertz CT molecular complexity index is 1130. The zero-order valence-corrected chi connectivity index (χ0v) is 40.4. The van der Waals surface area contributed by atoms with Gasteiger partial charge in [0.1, 0.15) is 0 Å². The first kappa shape index (κ1) is 55.4. The summed E-state index contributed by atoms with van der Waals surface area (Å²) in [5, 5.41) is 50.7. The monoisotopic (exact) mass is 846 g/mol. The maximum Gasteiger partial charge on any atom is 0.195 e. The average molecular weight is 846 g/mol. The summed E-state index contributed by atoms with van der Waals surface area (Å²) in [4.78, 5) is 5.31. The van der Waals surface area contributed by atoms with Gasteiger partial charge in [-0.2, -0.15) is 0 Å². The third-order valence-corrected chi connectivity index (χ3v) is 12.8. The molecule has 6 unspecified atom stereocenters. The molecule has 0 amide bonds. The van der Waals surface area contributed by atoms with Gasteiger partial charge < -0.3 is 27.0 Å². The fourth-order valence-electron chi connectivity index (χ4n) is 8.71. The molecule has 0 saturated carbocycles. The normalized spacial score (nSPS) is 18.5.